The molecule has 6 nitrogen and oxygen atoms in total. The quantitative estimate of drug-likeness (QED) is 0.466. The molecule has 2 aliphatic rings. The van der Waals surface area contributed by atoms with E-state index in [-0.39, 0.29) is 28.8 Å². The second-order valence-corrected chi connectivity index (χ2v) is 9.19. The molecule has 0 aliphatic carbocycles. The van der Waals surface area contributed by atoms with E-state index >= 15 is 4.39 Å². The van der Waals surface area contributed by atoms with E-state index in [9.17, 15) is 9.50 Å². The Kier molecular flexibility index (Phi) is 4.88. The van der Waals surface area contributed by atoms with Gasteiger partial charge in [-0.25, -0.2) is 18.7 Å². The molecule has 2 fully saturated rings. The standard InChI is InChI=1S/C26H24F2N4O2/c1-3-18-21(27)5-4-15-7-17(33)8-19(22(15)18)24-23(28)25-20(9-29-24)26(31-13(2)30-25)32-10-14-6-16(32)12-34-11-14/h4-5,7-9,14,16,33H,3,6,10-12H2,1-2H3/t14-,16-/m1/s1. The third-order valence-corrected chi connectivity index (χ3v) is 6.97. The van der Waals surface area contributed by atoms with Crippen LogP contribution >= 0.6 is 0 Å². The highest BCUT2D eigenvalue weighted by Crippen LogP contribution is 2.40. The van der Waals surface area contributed by atoms with Crippen LogP contribution in [0.3, 0.4) is 0 Å². The number of pyridine rings is 1. The van der Waals surface area contributed by atoms with Gasteiger partial charge >= 0.3 is 0 Å². The zero-order valence-corrected chi connectivity index (χ0v) is 19.0. The lowest BCUT2D eigenvalue weighted by molar-refractivity contribution is 0.0701. The Hall–Kier alpha value is -3.39. The maximum Gasteiger partial charge on any atom is 0.175 e. The number of aryl methyl sites for hydroxylation is 2. The first kappa shape index (κ1) is 21.2. The second-order valence-electron chi connectivity index (χ2n) is 9.19. The van der Waals surface area contributed by atoms with E-state index in [2.05, 4.69) is 19.9 Å². The van der Waals surface area contributed by atoms with E-state index < -0.39 is 5.82 Å². The molecule has 2 saturated heterocycles. The van der Waals surface area contributed by atoms with Crippen LogP contribution in [0.2, 0.25) is 0 Å². The highest BCUT2D eigenvalue weighted by Gasteiger charge is 2.38. The van der Waals surface area contributed by atoms with Crippen molar-refractivity contribution in [3.63, 3.8) is 0 Å². The number of hydrogen-bond acceptors (Lipinski definition) is 6. The molecule has 0 saturated carbocycles. The van der Waals surface area contributed by atoms with Crippen molar-refractivity contribution in [3.8, 4) is 17.0 Å². The number of anilines is 1. The number of hydrogen-bond donors (Lipinski definition) is 1. The van der Waals surface area contributed by atoms with Gasteiger partial charge in [-0.1, -0.05) is 13.0 Å². The van der Waals surface area contributed by atoms with Crippen LogP contribution in [-0.2, 0) is 11.2 Å². The highest BCUT2D eigenvalue weighted by atomic mass is 19.1. The van der Waals surface area contributed by atoms with E-state index in [0.717, 1.165) is 19.6 Å². The van der Waals surface area contributed by atoms with E-state index in [1.807, 2.05) is 6.92 Å². The van der Waals surface area contributed by atoms with E-state index in [4.69, 9.17) is 4.74 Å². The van der Waals surface area contributed by atoms with Gasteiger partial charge in [-0.2, -0.15) is 0 Å². The Labute approximate surface area is 195 Å². The van der Waals surface area contributed by atoms with Crippen LogP contribution in [0, 0.1) is 24.5 Å². The summed E-state index contributed by atoms with van der Waals surface area (Å²) in [5.41, 5.74) is 0.994. The minimum atomic E-state index is -0.610. The molecule has 0 radical (unpaired) electrons. The molecule has 174 valence electrons. The summed E-state index contributed by atoms with van der Waals surface area (Å²) in [4.78, 5) is 15.7. The molecular formula is C26H24F2N4O2. The fourth-order valence-corrected chi connectivity index (χ4v) is 5.51. The highest BCUT2D eigenvalue weighted by molar-refractivity contribution is 6.01. The zero-order valence-electron chi connectivity index (χ0n) is 19.0. The smallest absolute Gasteiger partial charge is 0.175 e. The van der Waals surface area contributed by atoms with Crippen molar-refractivity contribution < 1.29 is 18.6 Å². The van der Waals surface area contributed by atoms with Crippen molar-refractivity contribution in [3.05, 3.63) is 53.5 Å². The molecule has 1 N–H and O–H groups in total. The summed E-state index contributed by atoms with van der Waals surface area (Å²) < 4.78 is 36.4. The molecule has 0 unspecified atom stereocenters. The molecule has 2 aliphatic heterocycles. The number of fused-ring (bicyclic) bond motifs is 4. The Morgan fingerprint density at radius 2 is 2.03 bits per heavy atom. The Balaban J connectivity index is 1.59. The van der Waals surface area contributed by atoms with Gasteiger partial charge in [0.15, 0.2) is 5.82 Å². The van der Waals surface area contributed by atoms with Gasteiger partial charge in [0.2, 0.25) is 0 Å². The molecule has 6 rings (SSSR count). The summed E-state index contributed by atoms with van der Waals surface area (Å²) in [6.07, 6.45) is 3.03. The molecular weight excluding hydrogens is 438 g/mol. The lowest BCUT2D eigenvalue weighted by atomic mass is 9.94. The van der Waals surface area contributed by atoms with Gasteiger partial charge in [0.1, 0.15) is 34.4 Å². The van der Waals surface area contributed by atoms with Gasteiger partial charge in [0, 0.05) is 24.2 Å². The number of aromatic hydroxyl groups is 1. The Morgan fingerprint density at radius 1 is 1.18 bits per heavy atom. The minimum Gasteiger partial charge on any atom is -0.508 e. The maximum atomic E-state index is 16.1. The topological polar surface area (TPSA) is 71.4 Å². The van der Waals surface area contributed by atoms with Crippen molar-refractivity contribution in [2.45, 2.75) is 32.7 Å². The van der Waals surface area contributed by atoms with Gasteiger partial charge in [0.25, 0.3) is 0 Å². The Morgan fingerprint density at radius 3 is 2.82 bits per heavy atom. The predicted octanol–water partition coefficient (Wildman–Crippen LogP) is 4.92. The fraction of sp³-hybridized carbons (Fsp3) is 0.346. The lowest BCUT2D eigenvalue weighted by Gasteiger charge is -2.26. The average Bonchev–Trinajstić information content (AvgIpc) is 3.11. The average molecular weight is 463 g/mol. The molecule has 0 spiro atoms. The summed E-state index contributed by atoms with van der Waals surface area (Å²) in [5, 5.41) is 12.0. The summed E-state index contributed by atoms with van der Waals surface area (Å²) in [6, 6.07) is 6.14. The van der Waals surface area contributed by atoms with Crippen molar-refractivity contribution in [1.29, 1.82) is 0 Å². The normalized spacial score (nSPS) is 19.9. The van der Waals surface area contributed by atoms with Gasteiger partial charge < -0.3 is 14.7 Å². The number of halogens is 2. The first-order valence-electron chi connectivity index (χ1n) is 11.6. The third kappa shape index (κ3) is 3.20. The van der Waals surface area contributed by atoms with Crippen LogP contribution in [0.4, 0.5) is 14.6 Å². The van der Waals surface area contributed by atoms with Crippen molar-refractivity contribution in [1.82, 2.24) is 15.0 Å². The number of rotatable bonds is 3. The molecule has 2 aromatic carbocycles. The van der Waals surface area contributed by atoms with Crippen LogP contribution in [0.5, 0.6) is 5.75 Å². The first-order chi connectivity index (χ1) is 16.4. The number of phenols is 1. The van der Waals surface area contributed by atoms with Gasteiger partial charge in [-0.3, -0.25) is 4.98 Å². The van der Waals surface area contributed by atoms with E-state index in [0.29, 0.717) is 57.9 Å². The summed E-state index contributed by atoms with van der Waals surface area (Å²) in [7, 11) is 0. The molecule has 2 aromatic heterocycles. The van der Waals surface area contributed by atoms with Crippen LogP contribution < -0.4 is 4.90 Å². The van der Waals surface area contributed by atoms with E-state index in [1.54, 1.807) is 25.3 Å². The number of phenolic OH excluding ortho intramolecular Hbond substituents is 1. The van der Waals surface area contributed by atoms with Crippen LogP contribution in [-0.4, -0.2) is 45.9 Å². The fourth-order valence-electron chi connectivity index (χ4n) is 5.51. The minimum absolute atomic E-state index is 0.0289. The first-order valence-corrected chi connectivity index (χ1v) is 11.6. The molecule has 2 atom stereocenters. The largest absolute Gasteiger partial charge is 0.508 e. The van der Waals surface area contributed by atoms with Gasteiger partial charge in [-0.05, 0) is 54.3 Å². The van der Waals surface area contributed by atoms with Crippen LogP contribution in [0.1, 0.15) is 24.7 Å². The maximum absolute atomic E-state index is 16.1. The third-order valence-electron chi connectivity index (χ3n) is 6.97. The van der Waals surface area contributed by atoms with Gasteiger partial charge in [0.05, 0.1) is 24.6 Å². The molecule has 8 heteroatoms. The molecule has 2 bridgehead atoms. The second kappa shape index (κ2) is 7.84. The van der Waals surface area contributed by atoms with Gasteiger partial charge in [-0.15, -0.1) is 0 Å². The summed E-state index contributed by atoms with van der Waals surface area (Å²) in [5.74, 6) is 0.539. The van der Waals surface area contributed by atoms with Crippen molar-refractivity contribution >= 4 is 27.5 Å². The summed E-state index contributed by atoms with van der Waals surface area (Å²) >= 11 is 0. The SMILES string of the molecule is CCc1c(F)ccc2cc(O)cc(-c3ncc4c(N5C[C@@H]6COC[C@H]5C6)nc(C)nc4c3F)c12. The van der Waals surface area contributed by atoms with E-state index in [1.165, 1.54) is 12.1 Å². The molecule has 34 heavy (non-hydrogen) atoms. The zero-order chi connectivity index (χ0) is 23.6. The molecule has 4 heterocycles. The lowest BCUT2D eigenvalue weighted by Crippen LogP contribution is -2.33. The van der Waals surface area contributed by atoms with Crippen LogP contribution in [0.15, 0.2) is 30.5 Å². The van der Waals surface area contributed by atoms with Crippen molar-refractivity contribution in [2.24, 2.45) is 5.92 Å². The number of nitrogens with zero attached hydrogens (tertiary/aromatic N) is 4. The molecule has 4 aromatic rings. The number of ether oxygens (including phenoxy) is 1. The van der Waals surface area contributed by atoms with Crippen LogP contribution in [0.25, 0.3) is 32.9 Å². The predicted molar refractivity (Wildman–Crippen MR) is 126 cm³/mol. The number of aromatic nitrogens is 3. The van der Waals surface area contributed by atoms with Crippen molar-refractivity contribution in [2.75, 3.05) is 24.7 Å². The number of benzene rings is 2. The summed E-state index contributed by atoms with van der Waals surface area (Å²) in [6.45, 7) is 5.74. The monoisotopic (exact) mass is 462 g/mol. The molecule has 0 amide bonds. The Bertz CT molecular complexity index is 1460.